The molecule has 2 N–H and O–H groups in total. The lowest BCUT2D eigenvalue weighted by molar-refractivity contribution is -0.141. The highest BCUT2D eigenvalue weighted by Crippen LogP contribution is 2.37. The van der Waals surface area contributed by atoms with Gasteiger partial charge in [-0.2, -0.15) is 4.39 Å². The fourth-order valence-corrected chi connectivity index (χ4v) is 6.20. The number of anilines is 1. The second-order valence-corrected chi connectivity index (χ2v) is 11.0. The minimum Gasteiger partial charge on any atom is -0.481 e. The largest absolute Gasteiger partial charge is 0.481 e. The molecule has 8 nitrogen and oxygen atoms in total. The fourth-order valence-electron chi connectivity index (χ4n) is 5.46. The molecule has 1 atom stereocenters. The van der Waals surface area contributed by atoms with Crippen LogP contribution in [0.5, 0.6) is 0 Å². The molecular formula is C28H29FN4O4S. The Labute approximate surface area is 223 Å². The van der Waals surface area contributed by atoms with E-state index in [1.54, 1.807) is 25.4 Å². The summed E-state index contributed by atoms with van der Waals surface area (Å²) in [6, 6.07) is 9.20. The van der Waals surface area contributed by atoms with Crippen molar-refractivity contribution in [1.29, 1.82) is 0 Å². The molecule has 2 aromatic heterocycles. The highest BCUT2D eigenvalue weighted by molar-refractivity contribution is 7.10. The highest BCUT2D eigenvalue weighted by atomic mass is 32.1. The summed E-state index contributed by atoms with van der Waals surface area (Å²) in [6.07, 6.45) is 6.56. The number of fused-ring (bicyclic) bond motifs is 1. The number of hydrogen-bond donors (Lipinski definition) is 2. The van der Waals surface area contributed by atoms with E-state index >= 15 is 4.39 Å². The van der Waals surface area contributed by atoms with Crippen LogP contribution in [-0.2, 0) is 27.3 Å². The number of nitrogens with zero attached hydrogens (tertiary/aromatic N) is 3. The number of hydrogen-bond acceptors (Lipinski definition) is 6. The van der Waals surface area contributed by atoms with Crippen molar-refractivity contribution in [3.63, 3.8) is 0 Å². The third-order valence-corrected chi connectivity index (χ3v) is 8.24. The van der Waals surface area contributed by atoms with Gasteiger partial charge >= 0.3 is 5.97 Å². The van der Waals surface area contributed by atoms with Crippen molar-refractivity contribution in [1.82, 2.24) is 15.3 Å². The van der Waals surface area contributed by atoms with E-state index in [4.69, 9.17) is 0 Å². The van der Waals surface area contributed by atoms with E-state index in [1.165, 1.54) is 4.90 Å². The molecule has 0 saturated heterocycles. The molecule has 38 heavy (non-hydrogen) atoms. The Morgan fingerprint density at radius 1 is 1.24 bits per heavy atom. The van der Waals surface area contributed by atoms with Crippen LogP contribution in [0.4, 0.5) is 10.2 Å². The maximum atomic E-state index is 15.1. The van der Waals surface area contributed by atoms with Crippen LogP contribution in [0.3, 0.4) is 0 Å². The van der Waals surface area contributed by atoms with Crippen LogP contribution >= 0.6 is 11.3 Å². The number of nitrogens with one attached hydrogen (secondary N) is 1. The van der Waals surface area contributed by atoms with Gasteiger partial charge in [0.25, 0.3) is 0 Å². The molecule has 1 aromatic carbocycles. The van der Waals surface area contributed by atoms with E-state index in [0.717, 1.165) is 53.7 Å². The van der Waals surface area contributed by atoms with Gasteiger partial charge in [0.2, 0.25) is 16.9 Å². The van der Waals surface area contributed by atoms with Crippen molar-refractivity contribution in [3.8, 4) is 22.4 Å². The first-order valence-electron chi connectivity index (χ1n) is 12.8. The summed E-state index contributed by atoms with van der Waals surface area (Å²) < 4.78 is 15.1. The molecule has 0 spiro atoms. The first kappa shape index (κ1) is 26.0. The maximum Gasteiger partial charge on any atom is 0.304 e. The molecule has 2 amide bonds. The molecule has 0 unspecified atom stereocenters. The number of thiazole rings is 1. The first-order chi connectivity index (χ1) is 18.3. The maximum absolute atomic E-state index is 15.1. The van der Waals surface area contributed by atoms with Gasteiger partial charge in [-0.1, -0.05) is 61.3 Å². The summed E-state index contributed by atoms with van der Waals surface area (Å²) in [7, 11) is 1.69. The van der Waals surface area contributed by atoms with E-state index in [0.29, 0.717) is 28.7 Å². The number of likely N-dealkylation sites (N-methyl/N-ethyl adjacent to an activating group) is 1. The quantitative estimate of drug-likeness (QED) is 0.406. The van der Waals surface area contributed by atoms with Crippen molar-refractivity contribution < 1.29 is 23.9 Å². The van der Waals surface area contributed by atoms with Crippen LogP contribution in [0.1, 0.15) is 49.1 Å². The van der Waals surface area contributed by atoms with Gasteiger partial charge in [0.1, 0.15) is 16.5 Å². The minimum atomic E-state index is -1.00. The second kappa shape index (κ2) is 11.0. The zero-order valence-electron chi connectivity index (χ0n) is 21.1. The number of carbonyl (C=O) groups excluding carboxylic acids is 2. The number of rotatable bonds is 9. The zero-order valence-corrected chi connectivity index (χ0v) is 21.9. The average Bonchev–Trinajstić information content (AvgIpc) is 3.61. The Morgan fingerprint density at radius 2 is 1.97 bits per heavy atom. The van der Waals surface area contributed by atoms with Gasteiger partial charge in [0.15, 0.2) is 0 Å². The van der Waals surface area contributed by atoms with Crippen LogP contribution in [0, 0.1) is 17.0 Å². The first-order valence-corrected chi connectivity index (χ1v) is 13.6. The van der Waals surface area contributed by atoms with Crippen LogP contribution < -0.4 is 10.2 Å². The summed E-state index contributed by atoms with van der Waals surface area (Å²) >= 11 is 0.859. The number of aliphatic carboxylic acids is 1. The molecule has 1 aliphatic carbocycles. The molecule has 198 valence electrons. The molecule has 1 aliphatic heterocycles. The van der Waals surface area contributed by atoms with Crippen LogP contribution in [0.15, 0.2) is 36.5 Å². The Morgan fingerprint density at radius 3 is 2.71 bits per heavy atom. The number of amides is 2. The summed E-state index contributed by atoms with van der Waals surface area (Å²) in [6.45, 7) is 0.0260. The molecule has 0 radical (unpaired) electrons. The standard InChI is InChI=1S/C28H29FN4O4S/c1-33-23(34)12-17-11-19(14-30-27(17)33)20-8-4-5-9-21(20)25-26(29)38-22(32-25)15-31-28(37)18(13-24(35)36)10-16-6-2-3-7-16/h4-5,8-9,11,14,16,18H,2-3,6-7,10,12-13,15H2,1H3,(H,31,37)(H,35,36)/t18-/m1/s1. The SMILES string of the molecule is CN1C(=O)Cc2cc(-c3ccccc3-c3nc(CNC(=O)[C@@H](CC(=O)O)CC4CCCC4)sc3F)cnc21. The number of carboxylic acid groups (broad SMARTS) is 1. The topological polar surface area (TPSA) is 112 Å². The summed E-state index contributed by atoms with van der Waals surface area (Å²) in [5, 5.41) is 12.0. The van der Waals surface area contributed by atoms with Gasteiger partial charge in [-0.05, 0) is 24.0 Å². The smallest absolute Gasteiger partial charge is 0.304 e. The van der Waals surface area contributed by atoms with Gasteiger partial charge in [0.05, 0.1) is 19.4 Å². The van der Waals surface area contributed by atoms with E-state index in [9.17, 15) is 19.5 Å². The lowest BCUT2D eigenvalue weighted by Crippen LogP contribution is -2.32. The summed E-state index contributed by atoms with van der Waals surface area (Å²) in [5.41, 5.74) is 3.08. The molecule has 2 aliphatic rings. The highest BCUT2D eigenvalue weighted by Gasteiger charge is 2.28. The Bertz CT molecular complexity index is 1380. The Hall–Kier alpha value is -3.66. The van der Waals surface area contributed by atoms with Gasteiger partial charge in [-0.15, -0.1) is 0 Å². The molecule has 10 heteroatoms. The summed E-state index contributed by atoms with van der Waals surface area (Å²) in [5.74, 6) is -0.969. The summed E-state index contributed by atoms with van der Waals surface area (Å²) in [4.78, 5) is 46.7. The molecular weight excluding hydrogens is 507 g/mol. The molecule has 1 saturated carbocycles. The van der Waals surface area contributed by atoms with Gasteiger partial charge in [0, 0.05) is 35.9 Å². The van der Waals surface area contributed by atoms with E-state index in [2.05, 4.69) is 15.3 Å². The van der Waals surface area contributed by atoms with E-state index in [1.807, 2.05) is 18.2 Å². The van der Waals surface area contributed by atoms with E-state index < -0.39 is 17.0 Å². The van der Waals surface area contributed by atoms with Crippen molar-refractivity contribution in [2.45, 2.75) is 51.5 Å². The number of halogens is 1. The predicted molar refractivity (Wildman–Crippen MR) is 142 cm³/mol. The fraction of sp³-hybridized carbons (Fsp3) is 0.393. The number of pyridine rings is 1. The van der Waals surface area contributed by atoms with Gasteiger partial charge in [-0.25, -0.2) is 9.97 Å². The lowest BCUT2D eigenvalue weighted by atomic mass is 9.90. The molecule has 0 bridgehead atoms. The minimum absolute atomic E-state index is 0.0241. The van der Waals surface area contributed by atoms with Gasteiger partial charge < -0.3 is 10.4 Å². The third kappa shape index (κ3) is 5.45. The zero-order chi connectivity index (χ0) is 26.8. The monoisotopic (exact) mass is 536 g/mol. The number of benzene rings is 1. The van der Waals surface area contributed by atoms with Gasteiger partial charge in [-0.3, -0.25) is 19.3 Å². The van der Waals surface area contributed by atoms with Crippen LogP contribution in [-0.4, -0.2) is 39.9 Å². The Balaban J connectivity index is 1.33. The molecule has 5 rings (SSSR count). The molecule has 1 fully saturated rings. The van der Waals surface area contributed by atoms with Crippen molar-refractivity contribution in [2.75, 3.05) is 11.9 Å². The number of carbonyl (C=O) groups is 3. The molecule has 3 heterocycles. The van der Waals surface area contributed by atoms with Crippen molar-refractivity contribution in [3.05, 3.63) is 52.2 Å². The van der Waals surface area contributed by atoms with Crippen molar-refractivity contribution in [2.24, 2.45) is 11.8 Å². The van der Waals surface area contributed by atoms with Crippen molar-refractivity contribution >= 4 is 34.9 Å². The predicted octanol–water partition coefficient (Wildman–Crippen LogP) is 4.82. The number of aromatic nitrogens is 2. The number of carboxylic acids is 1. The van der Waals surface area contributed by atoms with Crippen LogP contribution in [0.2, 0.25) is 0 Å². The average molecular weight is 537 g/mol. The Kier molecular flexibility index (Phi) is 7.51. The van der Waals surface area contributed by atoms with E-state index in [-0.39, 0.29) is 36.9 Å². The lowest BCUT2D eigenvalue weighted by Gasteiger charge is -2.18. The molecule has 3 aromatic rings. The second-order valence-electron chi connectivity index (χ2n) is 10.0. The third-order valence-electron chi connectivity index (χ3n) is 7.40. The normalized spacial score (nSPS) is 16.1. The van der Waals surface area contributed by atoms with Crippen LogP contribution in [0.25, 0.3) is 22.4 Å².